The van der Waals surface area contributed by atoms with Crippen LogP contribution in [0.4, 0.5) is 0 Å². The Kier molecular flexibility index (Phi) is 2.91. The van der Waals surface area contributed by atoms with E-state index in [0.29, 0.717) is 11.8 Å². The van der Waals surface area contributed by atoms with Crippen molar-refractivity contribution >= 4 is 0 Å². The number of hydrogen-bond acceptors (Lipinski definition) is 2. The third-order valence-corrected chi connectivity index (χ3v) is 5.41. The van der Waals surface area contributed by atoms with E-state index in [4.69, 9.17) is 0 Å². The maximum absolute atomic E-state index is 10.9. The molecule has 2 aliphatic rings. The summed E-state index contributed by atoms with van der Waals surface area (Å²) in [7, 11) is 0. The number of benzene rings is 1. The standard InChI is InChI=1S/C17H21NO/c1-11-4-3-5-12(2)15(11)16(19)17(10-18)9-13-6-7-14(17)8-13/h3-5,13-14,16,19H,6-9H2,1-2H3. The van der Waals surface area contributed by atoms with Crippen LogP contribution in [0.25, 0.3) is 0 Å². The normalized spacial score (nSPS) is 34.2. The van der Waals surface area contributed by atoms with E-state index in [-0.39, 0.29) is 0 Å². The Labute approximate surface area is 115 Å². The van der Waals surface area contributed by atoms with E-state index in [1.54, 1.807) is 0 Å². The number of rotatable bonds is 2. The number of hydrogen-bond donors (Lipinski definition) is 1. The summed E-state index contributed by atoms with van der Waals surface area (Å²) in [5, 5.41) is 20.7. The van der Waals surface area contributed by atoms with Crippen LogP contribution in [0.2, 0.25) is 0 Å². The molecule has 2 saturated carbocycles. The monoisotopic (exact) mass is 255 g/mol. The number of aryl methyl sites for hydroxylation is 2. The van der Waals surface area contributed by atoms with Crippen molar-refractivity contribution in [1.29, 1.82) is 5.26 Å². The van der Waals surface area contributed by atoms with E-state index in [9.17, 15) is 10.4 Å². The fourth-order valence-corrected chi connectivity index (χ4v) is 4.42. The van der Waals surface area contributed by atoms with Crippen LogP contribution in [-0.4, -0.2) is 5.11 Å². The average Bonchev–Trinajstić information content (AvgIpc) is 2.99. The van der Waals surface area contributed by atoms with E-state index in [0.717, 1.165) is 36.0 Å². The second-order valence-corrected chi connectivity index (χ2v) is 6.44. The average molecular weight is 255 g/mol. The third kappa shape index (κ3) is 1.72. The van der Waals surface area contributed by atoms with E-state index >= 15 is 0 Å². The van der Waals surface area contributed by atoms with Crippen LogP contribution in [0.1, 0.15) is 48.5 Å². The molecular formula is C17H21NO. The SMILES string of the molecule is Cc1cccc(C)c1C(O)C1(C#N)CC2CCC1C2. The molecule has 2 heteroatoms. The van der Waals surface area contributed by atoms with Crippen LogP contribution in [0.3, 0.4) is 0 Å². The van der Waals surface area contributed by atoms with Crippen LogP contribution in [0, 0.1) is 42.4 Å². The summed E-state index contributed by atoms with van der Waals surface area (Å²) in [6.07, 6.45) is 3.74. The number of nitriles is 1. The summed E-state index contributed by atoms with van der Waals surface area (Å²) in [6.45, 7) is 4.06. The number of nitrogens with zero attached hydrogens (tertiary/aromatic N) is 1. The van der Waals surface area contributed by atoms with Gasteiger partial charge in [-0.15, -0.1) is 0 Å². The molecule has 2 bridgehead atoms. The van der Waals surface area contributed by atoms with Gasteiger partial charge in [0.25, 0.3) is 0 Å². The summed E-state index contributed by atoms with van der Waals surface area (Å²) < 4.78 is 0. The largest absolute Gasteiger partial charge is 0.387 e. The molecule has 0 aliphatic heterocycles. The van der Waals surface area contributed by atoms with Gasteiger partial charge in [0.2, 0.25) is 0 Å². The van der Waals surface area contributed by atoms with E-state index in [2.05, 4.69) is 6.07 Å². The van der Waals surface area contributed by atoms with Gasteiger partial charge in [0.1, 0.15) is 0 Å². The molecule has 2 fully saturated rings. The zero-order valence-electron chi connectivity index (χ0n) is 11.7. The highest BCUT2D eigenvalue weighted by atomic mass is 16.3. The molecule has 0 amide bonds. The molecule has 0 spiro atoms. The predicted molar refractivity (Wildman–Crippen MR) is 74.4 cm³/mol. The highest BCUT2D eigenvalue weighted by Crippen LogP contribution is 2.61. The molecule has 1 N–H and O–H groups in total. The fourth-order valence-electron chi connectivity index (χ4n) is 4.42. The number of aliphatic hydroxyl groups excluding tert-OH is 1. The van der Waals surface area contributed by atoms with Crippen LogP contribution >= 0.6 is 0 Å². The minimum absolute atomic E-state index is 0.386. The van der Waals surface area contributed by atoms with Crippen molar-refractivity contribution in [2.75, 3.05) is 0 Å². The molecule has 0 radical (unpaired) electrons. The van der Waals surface area contributed by atoms with Gasteiger partial charge in [0.15, 0.2) is 0 Å². The third-order valence-electron chi connectivity index (χ3n) is 5.41. The molecule has 1 aromatic rings. The minimum atomic E-state index is -0.631. The van der Waals surface area contributed by atoms with Gasteiger partial charge in [0.05, 0.1) is 17.6 Å². The Morgan fingerprint density at radius 1 is 1.32 bits per heavy atom. The van der Waals surface area contributed by atoms with E-state index in [1.807, 2.05) is 32.0 Å². The van der Waals surface area contributed by atoms with Gasteiger partial charge < -0.3 is 5.11 Å². The highest BCUT2D eigenvalue weighted by molar-refractivity contribution is 5.38. The van der Waals surface area contributed by atoms with Gasteiger partial charge in [-0.25, -0.2) is 0 Å². The van der Waals surface area contributed by atoms with Gasteiger partial charge in [0, 0.05) is 0 Å². The Morgan fingerprint density at radius 3 is 2.47 bits per heavy atom. The topological polar surface area (TPSA) is 44.0 Å². The molecule has 19 heavy (non-hydrogen) atoms. The molecule has 4 unspecified atom stereocenters. The number of fused-ring (bicyclic) bond motifs is 2. The second kappa shape index (κ2) is 4.35. The lowest BCUT2D eigenvalue weighted by atomic mass is 9.67. The van der Waals surface area contributed by atoms with Crippen LogP contribution in [0.5, 0.6) is 0 Å². The maximum Gasteiger partial charge on any atom is 0.0984 e. The lowest BCUT2D eigenvalue weighted by molar-refractivity contribution is 0.0225. The zero-order valence-corrected chi connectivity index (χ0v) is 11.7. The first-order chi connectivity index (χ1) is 9.08. The summed E-state index contributed by atoms with van der Waals surface area (Å²) in [5.41, 5.74) is 2.64. The van der Waals surface area contributed by atoms with Gasteiger partial charge in [-0.05, 0) is 61.6 Å². The van der Waals surface area contributed by atoms with Crippen molar-refractivity contribution < 1.29 is 5.11 Å². The van der Waals surface area contributed by atoms with Crippen molar-refractivity contribution in [3.63, 3.8) is 0 Å². The first-order valence-electron chi connectivity index (χ1n) is 7.24. The van der Waals surface area contributed by atoms with Gasteiger partial charge in [-0.1, -0.05) is 24.6 Å². The smallest absolute Gasteiger partial charge is 0.0984 e. The molecule has 4 atom stereocenters. The highest BCUT2D eigenvalue weighted by Gasteiger charge is 2.56. The van der Waals surface area contributed by atoms with Crippen molar-refractivity contribution in [2.45, 2.75) is 45.6 Å². The van der Waals surface area contributed by atoms with Gasteiger partial charge >= 0.3 is 0 Å². The Balaban J connectivity index is 2.04. The molecule has 2 nitrogen and oxygen atoms in total. The predicted octanol–water partition coefficient (Wildman–Crippen LogP) is 3.67. The molecule has 0 heterocycles. The van der Waals surface area contributed by atoms with Crippen molar-refractivity contribution in [1.82, 2.24) is 0 Å². The zero-order chi connectivity index (χ0) is 13.6. The molecule has 2 aliphatic carbocycles. The first-order valence-corrected chi connectivity index (χ1v) is 7.24. The summed E-state index contributed by atoms with van der Waals surface area (Å²) in [5.74, 6) is 1.04. The Hall–Kier alpha value is -1.33. The molecule has 3 rings (SSSR count). The summed E-state index contributed by atoms with van der Waals surface area (Å²) >= 11 is 0. The molecule has 100 valence electrons. The maximum atomic E-state index is 10.9. The lowest BCUT2D eigenvalue weighted by Crippen LogP contribution is -2.34. The molecule has 1 aromatic carbocycles. The summed E-state index contributed by atoms with van der Waals surface area (Å²) in [6, 6.07) is 8.59. The van der Waals surface area contributed by atoms with E-state index in [1.165, 1.54) is 6.42 Å². The molecule has 0 saturated heterocycles. The minimum Gasteiger partial charge on any atom is -0.387 e. The van der Waals surface area contributed by atoms with Crippen molar-refractivity contribution in [2.24, 2.45) is 17.3 Å². The first kappa shape index (κ1) is 12.7. The Morgan fingerprint density at radius 2 is 2.00 bits per heavy atom. The van der Waals surface area contributed by atoms with Gasteiger partial charge in [-0.2, -0.15) is 5.26 Å². The van der Waals surface area contributed by atoms with E-state index < -0.39 is 11.5 Å². The number of aliphatic hydroxyl groups is 1. The quantitative estimate of drug-likeness (QED) is 0.876. The second-order valence-electron chi connectivity index (χ2n) is 6.44. The lowest BCUT2D eigenvalue weighted by Gasteiger charge is -2.36. The van der Waals surface area contributed by atoms with Crippen molar-refractivity contribution in [3.05, 3.63) is 34.9 Å². The molecular weight excluding hydrogens is 234 g/mol. The fraction of sp³-hybridized carbons (Fsp3) is 0.588. The van der Waals surface area contributed by atoms with Crippen LogP contribution in [0.15, 0.2) is 18.2 Å². The summed E-state index contributed by atoms with van der Waals surface area (Å²) in [4.78, 5) is 0. The van der Waals surface area contributed by atoms with Crippen LogP contribution in [-0.2, 0) is 0 Å². The van der Waals surface area contributed by atoms with Crippen LogP contribution < -0.4 is 0 Å². The molecule has 0 aromatic heterocycles. The Bertz CT molecular complexity index is 524. The van der Waals surface area contributed by atoms with Crippen molar-refractivity contribution in [3.8, 4) is 6.07 Å². The van der Waals surface area contributed by atoms with Gasteiger partial charge in [-0.3, -0.25) is 0 Å².